The first-order chi connectivity index (χ1) is 4.76. The van der Waals surface area contributed by atoms with Crippen molar-refractivity contribution >= 4 is 11.9 Å². The van der Waals surface area contributed by atoms with Crippen LogP contribution in [0.15, 0.2) is 10.3 Å². The summed E-state index contributed by atoms with van der Waals surface area (Å²) in [5.74, 6) is 0. The summed E-state index contributed by atoms with van der Waals surface area (Å²) < 4.78 is 0. The molecule has 0 fully saturated rings. The van der Waals surface area contributed by atoms with Gasteiger partial charge in [-0.05, 0) is 0 Å². The topological polar surface area (TPSA) is 106 Å². The van der Waals surface area contributed by atoms with Gasteiger partial charge in [0, 0.05) is 0 Å². The molecule has 0 amide bonds. The Balaban J connectivity index is 4.08. The third-order valence-electron chi connectivity index (χ3n) is 0.820. The normalized spacial score (nSPS) is 16.0. The fourth-order valence-corrected chi connectivity index (χ4v) is 0.331. The van der Waals surface area contributed by atoms with E-state index in [9.17, 15) is 0 Å². The van der Waals surface area contributed by atoms with Crippen LogP contribution in [0.25, 0.3) is 0 Å². The van der Waals surface area contributed by atoms with Crippen molar-refractivity contribution in [3.05, 3.63) is 0 Å². The van der Waals surface area contributed by atoms with Crippen LogP contribution in [0.5, 0.6) is 0 Å². The summed E-state index contributed by atoms with van der Waals surface area (Å²) in [6, 6.07) is 0. The highest BCUT2D eigenvalue weighted by Crippen LogP contribution is 1.83. The first-order valence-electron chi connectivity index (χ1n) is 2.44. The molecule has 4 N–H and O–H groups in total. The molecule has 6 heteroatoms. The zero-order valence-corrected chi connectivity index (χ0v) is 5.05. The van der Waals surface area contributed by atoms with Gasteiger partial charge in [-0.1, -0.05) is 10.3 Å². The molecule has 0 saturated carbocycles. The fraction of sp³-hybridized carbons (Fsp3) is 0.500. The molecule has 0 aliphatic heterocycles. The number of nitrogens with zero attached hydrogens (tertiary/aromatic N) is 2. The van der Waals surface area contributed by atoms with Crippen LogP contribution in [-0.4, -0.2) is 45.3 Å². The number of aliphatic hydroxyl groups excluding tert-OH is 2. The van der Waals surface area contributed by atoms with Gasteiger partial charge < -0.3 is 20.6 Å². The molecule has 1 atom stereocenters. The number of hydrogen-bond acceptors (Lipinski definition) is 6. The van der Waals surface area contributed by atoms with E-state index in [4.69, 9.17) is 20.6 Å². The van der Waals surface area contributed by atoms with Gasteiger partial charge in [-0.3, -0.25) is 0 Å². The standard InChI is InChI=1S/C4H8N2O4/c7-2-4(8)3(6-10)1-5-9/h1,4,7-10H,2H2. The van der Waals surface area contributed by atoms with Gasteiger partial charge in [0.25, 0.3) is 0 Å². The lowest BCUT2D eigenvalue weighted by atomic mass is 10.2. The lowest BCUT2D eigenvalue weighted by Gasteiger charge is -2.01. The van der Waals surface area contributed by atoms with Gasteiger partial charge >= 0.3 is 0 Å². The minimum Gasteiger partial charge on any atom is -0.411 e. The number of hydrogen-bond donors (Lipinski definition) is 4. The third kappa shape index (κ3) is 2.42. The summed E-state index contributed by atoms with van der Waals surface area (Å²) in [6.07, 6.45) is -0.596. The molecule has 0 radical (unpaired) electrons. The van der Waals surface area contributed by atoms with E-state index in [0.29, 0.717) is 0 Å². The highest BCUT2D eigenvalue weighted by molar-refractivity contribution is 6.32. The quantitative estimate of drug-likeness (QED) is 0.225. The minimum absolute atomic E-state index is 0.301. The summed E-state index contributed by atoms with van der Waals surface area (Å²) in [5.41, 5.74) is -0.301. The first-order valence-corrected chi connectivity index (χ1v) is 2.44. The molecular weight excluding hydrogens is 140 g/mol. The summed E-state index contributed by atoms with van der Waals surface area (Å²) in [6.45, 7) is -0.592. The molecule has 0 aromatic carbocycles. The van der Waals surface area contributed by atoms with Crippen LogP contribution in [0.1, 0.15) is 0 Å². The van der Waals surface area contributed by atoms with E-state index in [2.05, 4.69) is 10.3 Å². The Bertz CT molecular complexity index is 144. The van der Waals surface area contributed by atoms with Crippen molar-refractivity contribution in [3.63, 3.8) is 0 Å². The van der Waals surface area contributed by atoms with Crippen LogP contribution >= 0.6 is 0 Å². The summed E-state index contributed by atoms with van der Waals surface area (Å²) >= 11 is 0. The molecule has 0 aliphatic carbocycles. The molecular formula is C4H8N2O4. The number of rotatable bonds is 3. The summed E-state index contributed by atoms with van der Waals surface area (Å²) in [5, 5.41) is 38.0. The maximum Gasteiger partial charge on any atom is 0.132 e. The van der Waals surface area contributed by atoms with E-state index in [-0.39, 0.29) is 5.71 Å². The van der Waals surface area contributed by atoms with Crippen molar-refractivity contribution in [2.24, 2.45) is 10.3 Å². The van der Waals surface area contributed by atoms with Gasteiger partial charge in [0.1, 0.15) is 11.8 Å². The average Bonchev–Trinajstić information content (AvgIpc) is 1.99. The molecule has 6 nitrogen and oxygen atoms in total. The van der Waals surface area contributed by atoms with Gasteiger partial charge in [0.2, 0.25) is 0 Å². The van der Waals surface area contributed by atoms with Crippen LogP contribution < -0.4 is 0 Å². The fourth-order valence-electron chi connectivity index (χ4n) is 0.331. The Kier molecular flexibility index (Phi) is 4.17. The molecule has 58 valence electrons. The molecule has 0 aromatic heterocycles. The highest BCUT2D eigenvalue weighted by atomic mass is 16.4. The zero-order valence-electron chi connectivity index (χ0n) is 5.05. The Morgan fingerprint density at radius 3 is 2.40 bits per heavy atom. The lowest BCUT2D eigenvalue weighted by Crippen LogP contribution is -2.25. The zero-order chi connectivity index (χ0) is 7.98. The predicted octanol–water partition coefficient (Wildman–Crippen LogP) is -1.37. The van der Waals surface area contributed by atoms with E-state index in [1.165, 1.54) is 0 Å². The molecule has 0 aromatic rings. The van der Waals surface area contributed by atoms with E-state index in [1.807, 2.05) is 0 Å². The van der Waals surface area contributed by atoms with Crippen LogP contribution in [0.2, 0.25) is 0 Å². The minimum atomic E-state index is -1.32. The van der Waals surface area contributed by atoms with Crippen molar-refractivity contribution in [2.45, 2.75) is 6.10 Å². The lowest BCUT2D eigenvalue weighted by molar-refractivity contribution is 0.142. The van der Waals surface area contributed by atoms with Gasteiger partial charge in [-0.2, -0.15) is 0 Å². The second-order valence-corrected chi connectivity index (χ2v) is 1.47. The van der Waals surface area contributed by atoms with E-state index in [1.54, 1.807) is 0 Å². The van der Waals surface area contributed by atoms with Crippen molar-refractivity contribution < 1.29 is 20.6 Å². The van der Waals surface area contributed by atoms with Crippen LogP contribution in [-0.2, 0) is 0 Å². The van der Waals surface area contributed by atoms with Crippen molar-refractivity contribution in [1.82, 2.24) is 0 Å². The van der Waals surface area contributed by atoms with Gasteiger partial charge in [0.15, 0.2) is 0 Å². The third-order valence-corrected chi connectivity index (χ3v) is 0.820. The monoisotopic (exact) mass is 148 g/mol. The van der Waals surface area contributed by atoms with Gasteiger partial charge in [-0.25, -0.2) is 0 Å². The maximum absolute atomic E-state index is 8.71. The highest BCUT2D eigenvalue weighted by Gasteiger charge is 2.08. The molecule has 0 aliphatic rings. The molecule has 10 heavy (non-hydrogen) atoms. The second kappa shape index (κ2) is 4.71. The number of aliphatic hydroxyl groups is 2. The Morgan fingerprint density at radius 1 is 1.50 bits per heavy atom. The molecule has 0 heterocycles. The first kappa shape index (κ1) is 8.86. The Labute approximate surface area is 56.7 Å². The van der Waals surface area contributed by atoms with Gasteiger partial charge in [0.05, 0.1) is 12.8 Å². The van der Waals surface area contributed by atoms with E-state index < -0.39 is 12.7 Å². The molecule has 0 spiro atoms. The molecule has 1 unspecified atom stereocenters. The van der Waals surface area contributed by atoms with Crippen LogP contribution in [0, 0.1) is 0 Å². The summed E-state index contributed by atoms with van der Waals surface area (Å²) in [4.78, 5) is 0. The van der Waals surface area contributed by atoms with Crippen molar-refractivity contribution in [1.29, 1.82) is 0 Å². The van der Waals surface area contributed by atoms with Crippen LogP contribution in [0.4, 0.5) is 0 Å². The van der Waals surface area contributed by atoms with Crippen LogP contribution in [0.3, 0.4) is 0 Å². The largest absolute Gasteiger partial charge is 0.411 e. The summed E-state index contributed by atoms with van der Waals surface area (Å²) in [7, 11) is 0. The van der Waals surface area contributed by atoms with Gasteiger partial charge in [-0.15, -0.1) is 0 Å². The Morgan fingerprint density at radius 2 is 2.10 bits per heavy atom. The van der Waals surface area contributed by atoms with Crippen molar-refractivity contribution in [2.75, 3.05) is 6.61 Å². The Hall–Kier alpha value is -1.14. The molecule has 0 rings (SSSR count). The van der Waals surface area contributed by atoms with Crippen molar-refractivity contribution in [3.8, 4) is 0 Å². The van der Waals surface area contributed by atoms with E-state index in [0.717, 1.165) is 6.21 Å². The second-order valence-electron chi connectivity index (χ2n) is 1.47. The maximum atomic E-state index is 8.71. The number of oxime groups is 2. The molecule has 0 bridgehead atoms. The average molecular weight is 148 g/mol. The molecule has 0 saturated heterocycles. The SMILES string of the molecule is OCC(O)C(C=NO)=NO. The van der Waals surface area contributed by atoms with E-state index >= 15 is 0 Å². The predicted molar refractivity (Wildman–Crippen MR) is 32.6 cm³/mol. The smallest absolute Gasteiger partial charge is 0.132 e.